The largest absolute Gasteiger partial charge is 0.451 e. The Labute approximate surface area is 165 Å². The predicted molar refractivity (Wildman–Crippen MR) is 106 cm³/mol. The maximum atomic E-state index is 12.9. The highest BCUT2D eigenvalue weighted by Crippen LogP contribution is 2.32. The fourth-order valence-corrected chi connectivity index (χ4v) is 4.33. The minimum absolute atomic E-state index is 0. The molecule has 146 valence electrons. The summed E-state index contributed by atoms with van der Waals surface area (Å²) in [6.45, 7) is 2.67. The van der Waals surface area contributed by atoms with E-state index in [1.54, 1.807) is 0 Å². The van der Waals surface area contributed by atoms with Crippen LogP contribution in [0.3, 0.4) is 0 Å². The predicted octanol–water partition coefficient (Wildman–Crippen LogP) is 2.66. The zero-order valence-electron chi connectivity index (χ0n) is 15.3. The molecule has 0 saturated carbocycles. The number of benzene rings is 1. The van der Waals surface area contributed by atoms with Crippen LogP contribution in [0.25, 0.3) is 11.0 Å². The first kappa shape index (κ1) is 19.7. The average Bonchev–Trinajstić information content (AvgIpc) is 3.10. The number of halogens is 1. The van der Waals surface area contributed by atoms with Gasteiger partial charge < -0.3 is 20.0 Å². The van der Waals surface area contributed by atoms with Gasteiger partial charge in [-0.1, -0.05) is 18.2 Å². The molecule has 2 aliphatic rings. The van der Waals surface area contributed by atoms with Crippen LogP contribution in [0.4, 0.5) is 0 Å². The number of piperidine rings is 2. The summed E-state index contributed by atoms with van der Waals surface area (Å²) in [5.74, 6) is 0.922. The fraction of sp³-hybridized carbons (Fsp3) is 0.500. The highest BCUT2D eigenvalue weighted by atomic mass is 35.5. The average molecular weight is 392 g/mol. The van der Waals surface area contributed by atoms with Gasteiger partial charge in [0.1, 0.15) is 5.58 Å². The number of amides is 2. The lowest BCUT2D eigenvalue weighted by Crippen LogP contribution is -2.57. The van der Waals surface area contributed by atoms with Crippen LogP contribution in [0.15, 0.2) is 34.7 Å². The van der Waals surface area contributed by atoms with E-state index in [1.165, 1.54) is 0 Å². The lowest BCUT2D eigenvalue weighted by Gasteiger charge is -2.47. The van der Waals surface area contributed by atoms with Crippen LogP contribution in [0.2, 0.25) is 0 Å². The van der Waals surface area contributed by atoms with E-state index >= 15 is 0 Å². The van der Waals surface area contributed by atoms with Crippen LogP contribution in [-0.4, -0.2) is 53.8 Å². The van der Waals surface area contributed by atoms with Gasteiger partial charge in [-0.15, -0.1) is 12.4 Å². The van der Waals surface area contributed by atoms with E-state index in [1.807, 2.05) is 40.1 Å². The van der Waals surface area contributed by atoms with Crippen molar-refractivity contribution < 1.29 is 14.0 Å². The molecule has 1 aromatic carbocycles. The van der Waals surface area contributed by atoms with E-state index < -0.39 is 0 Å². The van der Waals surface area contributed by atoms with Crippen LogP contribution >= 0.6 is 12.4 Å². The molecule has 2 aliphatic heterocycles. The number of fused-ring (bicyclic) bond motifs is 2. The lowest BCUT2D eigenvalue weighted by molar-refractivity contribution is -0.140. The Morgan fingerprint density at radius 3 is 2.85 bits per heavy atom. The fourth-order valence-electron chi connectivity index (χ4n) is 4.33. The molecule has 2 atom stereocenters. The Kier molecular flexibility index (Phi) is 6.07. The quantitative estimate of drug-likeness (QED) is 0.868. The molecule has 3 heterocycles. The molecule has 2 saturated heterocycles. The highest BCUT2D eigenvalue weighted by molar-refractivity contribution is 5.96. The molecule has 0 bridgehead atoms. The molecule has 2 fully saturated rings. The number of hydrogen-bond donors (Lipinski definition) is 1. The first-order valence-corrected chi connectivity index (χ1v) is 9.45. The molecule has 7 heteroatoms. The van der Waals surface area contributed by atoms with Crippen LogP contribution in [0.1, 0.15) is 36.2 Å². The Balaban J connectivity index is 0.00000210. The summed E-state index contributed by atoms with van der Waals surface area (Å²) in [5.41, 5.74) is 6.35. The second-order valence-corrected chi connectivity index (χ2v) is 7.28. The Bertz CT molecular complexity index is 789. The van der Waals surface area contributed by atoms with E-state index in [9.17, 15) is 9.59 Å². The molecule has 2 aromatic rings. The Morgan fingerprint density at radius 2 is 2.07 bits per heavy atom. The van der Waals surface area contributed by atoms with Gasteiger partial charge in [-0.25, -0.2) is 0 Å². The summed E-state index contributed by atoms with van der Waals surface area (Å²) < 4.78 is 5.74. The standard InChI is InChI=1S/C20H25N3O3.ClH/c21-9-3-10-23-16-8-11-22(13-15(16)6-7-19(23)24)20(25)18-12-14-4-1-2-5-17(14)26-18;/h1-2,4-5,12,15-16H,3,6-11,13,21H2;1H/t15-,16+;/m0./s1. The van der Waals surface area contributed by atoms with Crippen molar-refractivity contribution in [1.29, 1.82) is 0 Å². The maximum Gasteiger partial charge on any atom is 0.289 e. The van der Waals surface area contributed by atoms with Gasteiger partial charge in [0.2, 0.25) is 5.91 Å². The number of likely N-dealkylation sites (tertiary alicyclic amines) is 2. The number of carbonyl (C=O) groups is 2. The smallest absolute Gasteiger partial charge is 0.289 e. The zero-order chi connectivity index (χ0) is 18.1. The van der Waals surface area contributed by atoms with Crippen molar-refractivity contribution in [3.05, 3.63) is 36.1 Å². The van der Waals surface area contributed by atoms with Crippen molar-refractivity contribution in [3.63, 3.8) is 0 Å². The lowest BCUT2D eigenvalue weighted by atomic mass is 9.83. The van der Waals surface area contributed by atoms with E-state index in [0.717, 1.165) is 36.8 Å². The number of rotatable bonds is 4. The molecule has 4 rings (SSSR count). The molecule has 0 radical (unpaired) electrons. The molecule has 6 nitrogen and oxygen atoms in total. The first-order chi connectivity index (χ1) is 12.7. The van der Waals surface area contributed by atoms with Gasteiger partial charge >= 0.3 is 0 Å². The number of nitrogens with two attached hydrogens (primary N) is 1. The Hall–Kier alpha value is -2.05. The molecular formula is C20H26ClN3O3. The second kappa shape index (κ2) is 8.31. The molecule has 27 heavy (non-hydrogen) atoms. The zero-order valence-corrected chi connectivity index (χ0v) is 16.1. The number of furan rings is 1. The topological polar surface area (TPSA) is 79.8 Å². The summed E-state index contributed by atoms with van der Waals surface area (Å²) in [6.07, 6.45) is 3.08. The van der Waals surface area contributed by atoms with Gasteiger partial charge in [0, 0.05) is 37.5 Å². The van der Waals surface area contributed by atoms with Gasteiger partial charge in [-0.05, 0) is 43.9 Å². The van der Waals surface area contributed by atoms with Gasteiger partial charge in [0.05, 0.1) is 0 Å². The molecular weight excluding hydrogens is 366 g/mol. The molecule has 2 N–H and O–H groups in total. The van der Waals surface area contributed by atoms with Crippen molar-refractivity contribution in [2.24, 2.45) is 11.7 Å². The number of nitrogens with zero attached hydrogens (tertiary/aromatic N) is 2. The summed E-state index contributed by atoms with van der Waals surface area (Å²) >= 11 is 0. The van der Waals surface area contributed by atoms with Crippen molar-refractivity contribution >= 4 is 35.2 Å². The third kappa shape index (κ3) is 3.82. The molecule has 0 aliphatic carbocycles. The number of hydrogen-bond acceptors (Lipinski definition) is 4. The summed E-state index contributed by atoms with van der Waals surface area (Å²) in [6, 6.07) is 9.72. The van der Waals surface area contributed by atoms with Gasteiger partial charge in [-0.3, -0.25) is 9.59 Å². The third-order valence-corrected chi connectivity index (χ3v) is 5.67. The Morgan fingerprint density at radius 1 is 1.26 bits per heavy atom. The van der Waals surface area contributed by atoms with E-state index in [0.29, 0.717) is 37.7 Å². The van der Waals surface area contributed by atoms with Crippen LogP contribution < -0.4 is 5.73 Å². The van der Waals surface area contributed by atoms with Crippen molar-refractivity contribution in [1.82, 2.24) is 9.80 Å². The van der Waals surface area contributed by atoms with Gasteiger partial charge in [-0.2, -0.15) is 0 Å². The van der Waals surface area contributed by atoms with Crippen LogP contribution in [-0.2, 0) is 4.79 Å². The molecule has 0 spiro atoms. The summed E-state index contributed by atoms with van der Waals surface area (Å²) in [5, 5.41) is 0.946. The maximum absolute atomic E-state index is 12.9. The van der Waals surface area contributed by atoms with Crippen LogP contribution in [0, 0.1) is 5.92 Å². The molecule has 2 amide bonds. The minimum Gasteiger partial charge on any atom is -0.451 e. The van der Waals surface area contributed by atoms with Crippen molar-refractivity contribution in [2.75, 3.05) is 26.2 Å². The van der Waals surface area contributed by atoms with Crippen molar-refractivity contribution in [2.45, 2.75) is 31.7 Å². The second-order valence-electron chi connectivity index (χ2n) is 7.28. The third-order valence-electron chi connectivity index (χ3n) is 5.67. The van der Waals surface area contributed by atoms with E-state index in [2.05, 4.69) is 0 Å². The first-order valence-electron chi connectivity index (χ1n) is 9.45. The summed E-state index contributed by atoms with van der Waals surface area (Å²) in [4.78, 5) is 29.1. The molecule has 1 aromatic heterocycles. The number of para-hydroxylation sites is 1. The normalized spacial score (nSPS) is 22.5. The van der Waals surface area contributed by atoms with Gasteiger partial charge in [0.25, 0.3) is 5.91 Å². The monoisotopic (exact) mass is 391 g/mol. The SMILES string of the molecule is Cl.NCCCN1C(=O)CC[C@H]2CN(C(=O)c3cc4ccccc4o3)CC[C@H]21. The highest BCUT2D eigenvalue weighted by Gasteiger charge is 2.40. The molecule has 0 unspecified atom stereocenters. The van der Waals surface area contributed by atoms with E-state index in [4.69, 9.17) is 10.2 Å². The summed E-state index contributed by atoms with van der Waals surface area (Å²) in [7, 11) is 0. The van der Waals surface area contributed by atoms with E-state index in [-0.39, 0.29) is 30.3 Å². The van der Waals surface area contributed by atoms with Crippen molar-refractivity contribution in [3.8, 4) is 0 Å². The van der Waals surface area contributed by atoms with Gasteiger partial charge in [0.15, 0.2) is 5.76 Å². The number of carbonyl (C=O) groups excluding carboxylic acids is 2. The minimum atomic E-state index is -0.0509. The van der Waals surface area contributed by atoms with Crippen LogP contribution in [0.5, 0.6) is 0 Å².